The van der Waals surface area contributed by atoms with Crippen molar-refractivity contribution in [2.24, 2.45) is 0 Å². The first-order valence-electron chi connectivity index (χ1n) is 38.3. The molecule has 0 heterocycles. The molecule has 0 aromatic heterocycles. The number of unbranched alkanes of at least 4 members (excludes halogenated alkanes) is 56. The molecule has 0 spiro atoms. The van der Waals surface area contributed by atoms with Crippen LogP contribution >= 0.6 is 0 Å². The van der Waals surface area contributed by atoms with Gasteiger partial charge in [0.2, 0.25) is 0 Å². The van der Waals surface area contributed by atoms with Crippen molar-refractivity contribution >= 4 is 23.9 Å². The molecule has 1 radical (unpaired) electrons. The van der Waals surface area contributed by atoms with Crippen molar-refractivity contribution in [2.75, 3.05) is 34.3 Å². The fraction of sp³-hybridized carbons (Fsp3) is 0.948. The summed E-state index contributed by atoms with van der Waals surface area (Å²) in [4.78, 5) is 40.9. The molecule has 0 saturated heterocycles. The third kappa shape index (κ3) is 118. The standard InChI is InChI=1S/4C18H36O2.C5H14NO.Fe/c4*1-2-3-4-5-6-7-8-9-10-11-12-13-14-15-16-17-18(19)20;1-6(2,3)4-5-7;/h4*2-17H2,1H3,(H,19,20);7H,4-5H2,1-3H3;/q;;;;+1;+3/p-4. The molecule has 0 atom stereocenters. The Hall–Kier alpha value is -1.68. The summed E-state index contributed by atoms with van der Waals surface area (Å²) in [5, 5.41) is 49.3. The number of hydrogen-bond donors (Lipinski definition) is 1. The Kier molecular flexibility index (Phi) is 99.1. The van der Waals surface area contributed by atoms with Gasteiger partial charge in [-0.1, -0.05) is 387 Å². The molecule has 0 fully saturated rings. The van der Waals surface area contributed by atoms with E-state index < -0.39 is 23.9 Å². The Morgan fingerprint density at radius 1 is 0.227 bits per heavy atom. The van der Waals surface area contributed by atoms with E-state index in [1.807, 2.05) is 0 Å². The van der Waals surface area contributed by atoms with E-state index in [4.69, 9.17) is 5.11 Å². The van der Waals surface area contributed by atoms with Gasteiger partial charge >= 0.3 is 17.1 Å². The number of aliphatic hydroxyl groups excluding tert-OH is 1. The number of quaternary nitrogens is 1. The molecule has 0 saturated carbocycles. The quantitative estimate of drug-likeness (QED) is 0.0352. The molecular weight excluding hydrogens is 1140 g/mol. The molecule has 11 heteroatoms. The van der Waals surface area contributed by atoms with Crippen LogP contribution in [0.15, 0.2) is 0 Å². The van der Waals surface area contributed by atoms with E-state index >= 15 is 0 Å². The van der Waals surface area contributed by atoms with Crippen LogP contribution in [0, 0.1) is 0 Å². The summed E-state index contributed by atoms with van der Waals surface area (Å²) in [5.41, 5.74) is 0. The number of carbonyl (C=O) groups excluding carboxylic acids is 4. The maximum absolute atomic E-state index is 10.2. The molecule has 0 aliphatic carbocycles. The fourth-order valence-electron chi connectivity index (χ4n) is 10.9. The molecule has 10 nitrogen and oxygen atoms in total. The third-order valence-corrected chi connectivity index (χ3v) is 16.7. The minimum Gasteiger partial charge on any atom is -0.550 e. The van der Waals surface area contributed by atoms with Crippen molar-refractivity contribution in [3.8, 4) is 0 Å². The van der Waals surface area contributed by atoms with Crippen LogP contribution < -0.4 is 20.4 Å². The Bertz CT molecular complexity index is 1120. The predicted octanol–water partition coefficient (Wildman–Crippen LogP) is 19.7. The zero-order valence-electron chi connectivity index (χ0n) is 60.2. The number of aliphatic hydroxyl groups is 1. The van der Waals surface area contributed by atoms with Crippen LogP contribution in [0.1, 0.15) is 439 Å². The number of carbonyl (C=O) groups is 4. The third-order valence-electron chi connectivity index (χ3n) is 16.7. The van der Waals surface area contributed by atoms with Crippen LogP contribution in [-0.2, 0) is 36.2 Å². The zero-order valence-corrected chi connectivity index (χ0v) is 61.3. The molecule has 0 amide bonds. The Labute approximate surface area is 560 Å². The van der Waals surface area contributed by atoms with E-state index in [1.165, 1.54) is 334 Å². The largest absolute Gasteiger partial charge is 3.00 e. The average molecular weight is 1290 g/mol. The van der Waals surface area contributed by atoms with Crippen LogP contribution in [0.5, 0.6) is 0 Å². The number of aliphatic carboxylic acids is 4. The molecule has 0 aliphatic rings. The van der Waals surface area contributed by atoms with Gasteiger partial charge in [0.05, 0.1) is 27.7 Å². The van der Waals surface area contributed by atoms with Gasteiger partial charge in [-0.25, -0.2) is 0 Å². The number of carboxylic acid groups (broad SMARTS) is 4. The minimum absolute atomic E-state index is 0. The van der Waals surface area contributed by atoms with Crippen molar-refractivity contribution in [1.29, 1.82) is 0 Å². The van der Waals surface area contributed by atoms with Crippen molar-refractivity contribution in [3.63, 3.8) is 0 Å². The minimum atomic E-state index is -0.903. The van der Waals surface area contributed by atoms with Crippen LogP contribution in [0.25, 0.3) is 0 Å². The Morgan fingerprint density at radius 2 is 0.330 bits per heavy atom. The van der Waals surface area contributed by atoms with Gasteiger partial charge in [-0.3, -0.25) is 0 Å². The maximum atomic E-state index is 10.2. The molecule has 529 valence electrons. The van der Waals surface area contributed by atoms with E-state index in [9.17, 15) is 39.6 Å². The van der Waals surface area contributed by atoms with E-state index in [-0.39, 0.29) is 49.4 Å². The topological polar surface area (TPSA) is 181 Å². The number of likely N-dealkylation sites (N-methyl/N-ethyl adjacent to an activating group) is 1. The van der Waals surface area contributed by atoms with Crippen molar-refractivity contribution in [2.45, 2.75) is 439 Å². The van der Waals surface area contributed by atoms with E-state index in [0.29, 0.717) is 0 Å². The monoisotopic (exact) mass is 1290 g/mol. The zero-order chi connectivity index (χ0) is 65.5. The molecule has 1 N–H and O–H groups in total. The molecule has 0 rings (SSSR count). The smallest absolute Gasteiger partial charge is 0.550 e. The summed E-state index contributed by atoms with van der Waals surface area (Å²) in [7, 11) is 6.16. The number of carboxylic acids is 4. The van der Waals surface area contributed by atoms with Gasteiger partial charge in [-0.05, 0) is 51.4 Å². The van der Waals surface area contributed by atoms with Gasteiger partial charge < -0.3 is 49.2 Å². The van der Waals surface area contributed by atoms with Gasteiger partial charge in [0.1, 0.15) is 6.54 Å². The second-order valence-corrected chi connectivity index (χ2v) is 27.0. The predicted molar refractivity (Wildman–Crippen MR) is 368 cm³/mol. The Morgan fingerprint density at radius 3 is 0.398 bits per heavy atom. The van der Waals surface area contributed by atoms with E-state index in [2.05, 4.69) is 48.8 Å². The van der Waals surface area contributed by atoms with Gasteiger partial charge in [0, 0.05) is 23.9 Å². The first-order valence-corrected chi connectivity index (χ1v) is 38.3. The summed E-state index contributed by atoms with van der Waals surface area (Å²) in [6.45, 7) is 10.2. The molecule has 0 aliphatic heterocycles. The summed E-state index contributed by atoms with van der Waals surface area (Å²) in [5.74, 6) is -3.61. The van der Waals surface area contributed by atoms with Crippen LogP contribution in [0.3, 0.4) is 0 Å². The summed E-state index contributed by atoms with van der Waals surface area (Å²) < 4.78 is 0.844. The van der Waals surface area contributed by atoms with Crippen molar-refractivity contribution < 1.29 is 66.3 Å². The fourth-order valence-corrected chi connectivity index (χ4v) is 10.9. The van der Waals surface area contributed by atoms with E-state index in [1.54, 1.807) is 0 Å². The molecule has 0 unspecified atom stereocenters. The first kappa shape index (κ1) is 97.4. The summed E-state index contributed by atoms with van der Waals surface area (Å²) >= 11 is 0. The number of nitrogens with zero attached hydrogens (tertiary/aromatic N) is 1. The van der Waals surface area contributed by atoms with Crippen molar-refractivity contribution in [1.82, 2.24) is 0 Å². The van der Waals surface area contributed by atoms with Crippen LogP contribution in [0.4, 0.5) is 0 Å². The SMILES string of the molecule is CCCCCCCCCCCCCCCCCC(=O)[O-].CCCCCCCCCCCCCCCCCC(=O)[O-].CCCCCCCCCCCCCCCCCC(=O)[O-].CCCCCCCCCCCCCCCCCC(=O)[O-].C[N+](C)(C)CCO.[Fe+3]. The second kappa shape index (κ2) is 89.5. The van der Waals surface area contributed by atoms with Gasteiger partial charge in [-0.2, -0.15) is 0 Å². The van der Waals surface area contributed by atoms with Gasteiger partial charge in [-0.15, -0.1) is 0 Å². The Balaban J connectivity index is -0.000000244. The van der Waals surface area contributed by atoms with Crippen LogP contribution in [0.2, 0.25) is 0 Å². The molecule has 88 heavy (non-hydrogen) atoms. The molecule has 0 aromatic carbocycles. The normalized spacial score (nSPS) is 10.8. The first-order chi connectivity index (χ1) is 42.1. The van der Waals surface area contributed by atoms with E-state index in [0.717, 1.165) is 62.4 Å². The van der Waals surface area contributed by atoms with Gasteiger partial charge in [0.15, 0.2) is 0 Å². The molecular formula is C77H154FeNO9. The van der Waals surface area contributed by atoms with Crippen LogP contribution in [-0.4, -0.2) is 67.8 Å². The maximum Gasteiger partial charge on any atom is 3.00 e. The molecule has 0 bridgehead atoms. The number of rotatable bonds is 66. The summed E-state index contributed by atoms with van der Waals surface area (Å²) in [6, 6.07) is 0. The van der Waals surface area contributed by atoms with Gasteiger partial charge in [0.25, 0.3) is 0 Å². The number of hydrogen-bond acceptors (Lipinski definition) is 9. The average Bonchev–Trinajstić information content (AvgIpc) is 3.47. The van der Waals surface area contributed by atoms with Crippen molar-refractivity contribution in [3.05, 3.63) is 0 Å². The second-order valence-electron chi connectivity index (χ2n) is 27.0. The summed E-state index contributed by atoms with van der Waals surface area (Å²) in [6.07, 6.45) is 79.4. The molecule has 0 aromatic rings.